The molecule has 84 valence electrons. The largest absolute Gasteiger partial charge is 0.368 e. The Labute approximate surface area is 108 Å². The molecule has 0 radical (unpaired) electrons. The summed E-state index contributed by atoms with van der Waals surface area (Å²) >= 11 is 13.3. The van der Waals surface area contributed by atoms with E-state index < -0.39 is 0 Å². The van der Waals surface area contributed by atoms with Gasteiger partial charge in [0, 0.05) is 21.6 Å². The van der Waals surface area contributed by atoms with Gasteiger partial charge in [-0.3, -0.25) is 0 Å². The molecule has 2 aromatic rings. The van der Waals surface area contributed by atoms with E-state index in [2.05, 4.69) is 14.9 Å². The molecule has 0 aliphatic rings. The van der Waals surface area contributed by atoms with Crippen LogP contribution in [0.4, 0.5) is 5.00 Å². The molecule has 3 nitrogen and oxygen atoms in total. The van der Waals surface area contributed by atoms with Crippen molar-refractivity contribution >= 4 is 39.7 Å². The van der Waals surface area contributed by atoms with Crippen LogP contribution >= 0.6 is 34.7 Å². The van der Waals surface area contributed by atoms with E-state index in [9.17, 15) is 0 Å². The Kier molecular flexibility index (Phi) is 3.63. The second-order valence-corrected chi connectivity index (χ2v) is 4.94. The Balaban J connectivity index is 2.20. The Morgan fingerprint density at radius 1 is 1.38 bits per heavy atom. The Morgan fingerprint density at radius 2 is 2.19 bits per heavy atom. The summed E-state index contributed by atoms with van der Waals surface area (Å²) in [6.45, 7) is 2.01. The molecule has 1 atom stereocenters. The van der Waals surface area contributed by atoms with Crippen LogP contribution in [-0.2, 0) is 0 Å². The lowest BCUT2D eigenvalue weighted by Gasteiger charge is -2.15. The van der Waals surface area contributed by atoms with E-state index in [1.807, 2.05) is 13.0 Å². The zero-order valence-corrected chi connectivity index (χ0v) is 10.8. The smallest absolute Gasteiger partial charge is 0.130 e. The summed E-state index contributed by atoms with van der Waals surface area (Å²) in [5, 5.41) is 9.29. The standard InChI is InChI=1S/C10H9Cl2N3S/c1-6(14-10-5-13-15-16-10)8-4-7(11)2-3-9(8)12/h2-6,14H,1H3. The van der Waals surface area contributed by atoms with E-state index >= 15 is 0 Å². The van der Waals surface area contributed by atoms with E-state index in [0.717, 1.165) is 10.6 Å². The molecule has 0 saturated carbocycles. The predicted octanol–water partition coefficient (Wildman–Crippen LogP) is 4.02. The summed E-state index contributed by atoms with van der Waals surface area (Å²) in [5.41, 5.74) is 0.961. The predicted molar refractivity (Wildman–Crippen MR) is 68.4 cm³/mol. The van der Waals surface area contributed by atoms with Crippen molar-refractivity contribution in [3.8, 4) is 0 Å². The minimum absolute atomic E-state index is 0.0634. The van der Waals surface area contributed by atoms with Crippen LogP contribution < -0.4 is 5.32 Å². The monoisotopic (exact) mass is 273 g/mol. The summed E-state index contributed by atoms with van der Waals surface area (Å²) in [5.74, 6) is 0. The molecular formula is C10H9Cl2N3S. The van der Waals surface area contributed by atoms with Crippen molar-refractivity contribution in [2.45, 2.75) is 13.0 Å². The molecule has 1 N–H and O–H groups in total. The number of benzene rings is 1. The first-order chi connectivity index (χ1) is 7.66. The van der Waals surface area contributed by atoms with Gasteiger partial charge in [0.25, 0.3) is 0 Å². The van der Waals surface area contributed by atoms with Crippen molar-refractivity contribution in [1.82, 2.24) is 9.59 Å². The van der Waals surface area contributed by atoms with Gasteiger partial charge in [-0.15, -0.1) is 5.10 Å². The number of hydrogen-bond donors (Lipinski definition) is 1. The quantitative estimate of drug-likeness (QED) is 0.918. The highest BCUT2D eigenvalue weighted by atomic mass is 35.5. The van der Waals surface area contributed by atoms with Crippen LogP contribution in [0.25, 0.3) is 0 Å². The van der Waals surface area contributed by atoms with Crippen LogP contribution in [0, 0.1) is 0 Å². The fourth-order valence-corrected chi connectivity index (χ4v) is 2.34. The van der Waals surface area contributed by atoms with E-state index in [1.165, 1.54) is 11.5 Å². The molecule has 0 spiro atoms. The van der Waals surface area contributed by atoms with Gasteiger partial charge in [0.1, 0.15) is 5.00 Å². The van der Waals surface area contributed by atoms with Crippen molar-refractivity contribution in [3.05, 3.63) is 40.0 Å². The highest BCUT2D eigenvalue weighted by Crippen LogP contribution is 2.28. The second kappa shape index (κ2) is 4.99. The van der Waals surface area contributed by atoms with Crippen LogP contribution in [0.2, 0.25) is 10.0 Å². The normalized spacial score (nSPS) is 12.4. The van der Waals surface area contributed by atoms with Gasteiger partial charge in [-0.05, 0) is 30.7 Å². The third-order valence-corrected chi connectivity index (χ3v) is 3.32. The number of nitrogens with one attached hydrogen (secondary N) is 1. The fraction of sp³-hybridized carbons (Fsp3) is 0.200. The maximum Gasteiger partial charge on any atom is 0.130 e. The number of rotatable bonds is 3. The molecule has 0 amide bonds. The van der Waals surface area contributed by atoms with Crippen LogP contribution in [0.5, 0.6) is 0 Å². The number of halogens is 2. The van der Waals surface area contributed by atoms with Gasteiger partial charge in [-0.2, -0.15) is 0 Å². The van der Waals surface area contributed by atoms with Gasteiger partial charge in [-0.25, -0.2) is 0 Å². The second-order valence-electron chi connectivity index (χ2n) is 3.31. The van der Waals surface area contributed by atoms with E-state index in [-0.39, 0.29) is 6.04 Å². The first-order valence-electron chi connectivity index (χ1n) is 4.65. The molecule has 0 fully saturated rings. The Bertz CT molecular complexity index is 473. The molecule has 0 aliphatic carbocycles. The summed E-state index contributed by atoms with van der Waals surface area (Å²) in [7, 11) is 0. The number of aromatic nitrogens is 2. The molecule has 1 heterocycles. The molecule has 6 heteroatoms. The van der Waals surface area contributed by atoms with Crippen molar-refractivity contribution < 1.29 is 0 Å². The number of hydrogen-bond acceptors (Lipinski definition) is 4. The summed E-state index contributed by atoms with van der Waals surface area (Å²) in [6.07, 6.45) is 1.68. The lowest BCUT2D eigenvalue weighted by Crippen LogP contribution is -2.06. The zero-order valence-electron chi connectivity index (χ0n) is 8.45. The van der Waals surface area contributed by atoms with Crippen LogP contribution in [0.15, 0.2) is 24.4 Å². The van der Waals surface area contributed by atoms with E-state index in [0.29, 0.717) is 10.0 Å². The van der Waals surface area contributed by atoms with Crippen LogP contribution in [0.1, 0.15) is 18.5 Å². The minimum atomic E-state index is 0.0634. The topological polar surface area (TPSA) is 37.8 Å². The van der Waals surface area contributed by atoms with Crippen molar-refractivity contribution in [2.75, 3.05) is 5.32 Å². The fourth-order valence-electron chi connectivity index (χ4n) is 1.37. The highest BCUT2D eigenvalue weighted by Gasteiger charge is 2.11. The third-order valence-electron chi connectivity index (χ3n) is 2.14. The lowest BCUT2D eigenvalue weighted by atomic mass is 10.1. The van der Waals surface area contributed by atoms with Gasteiger partial charge < -0.3 is 5.32 Å². The molecule has 1 aromatic carbocycles. The highest BCUT2D eigenvalue weighted by molar-refractivity contribution is 7.09. The Morgan fingerprint density at radius 3 is 2.88 bits per heavy atom. The molecule has 2 rings (SSSR count). The molecule has 0 saturated heterocycles. The van der Waals surface area contributed by atoms with Gasteiger partial charge in [0.15, 0.2) is 0 Å². The molecule has 1 unspecified atom stereocenters. The zero-order chi connectivity index (χ0) is 11.5. The SMILES string of the molecule is CC(Nc1cnns1)c1cc(Cl)ccc1Cl. The molecule has 1 aromatic heterocycles. The van der Waals surface area contributed by atoms with Crippen molar-refractivity contribution in [1.29, 1.82) is 0 Å². The van der Waals surface area contributed by atoms with Crippen LogP contribution in [-0.4, -0.2) is 9.59 Å². The summed E-state index contributed by atoms with van der Waals surface area (Å²) in [4.78, 5) is 0. The van der Waals surface area contributed by atoms with Gasteiger partial charge in [0.2, 0.25) is 0 Å². The van der Waals surface area contributed by atoms with E-state index in [1.54, 1.807) is 18.3 Å². The van der Waals surface area contributed by atoms with Gasteiger partial charge in [-0.1, -0.05) is 27.7 Å². The first kappa shape index (κ1) is 11.6. The maximum atomic E-state index is 6.10. The minimum Gasteiger partial charge on any atom is -0.368 e. The number of anilines is 1. The first-order valence-corrected chi connectivity index (χ1v) is 6.18. The van der Waals surface area contributed by atoms with Crippen molar-refractivity contribution in [2.24, 2.45) is 0 Å². The Hall–Kier alpha value is -0.840. The van der Waals surface area contributed by atoms with E-state index in [4.69, 9.17) is 23.2 Å². The molecule has 0 aliphatic heterocycles. The molecule has 0 bridgehead atoms. The lowest BCUT2D eigenvalue weighted by molar-refractivity contribution is 0.889. The van der Waals surface area contributed by atoms with Crippen LogP contribution in [0.3, 0.4) is 0 Å². The van der Waals surface area contributed by atoms with Gasteiger partial charge >= 0.3 is 0 Å². The average molecular weight is 274 g/mol. The summed E-state index contributed by atoms with van der Waals surface area (Å²) in [6, 6.07) is 5.49. The third kappa shape index (κ3) is 2.64. The average Bonchev–Trinajstić information content (AvgIpc) is 2.74. The van der Waals surface area contributed by atoms with Crippen molar-refractivity contribution in [3.63, 3.8) is 0 Å². The molecular weight excluding hydrogens is 265 g/mol. The summed E-state index contributed by atoms with van der Waals surface area (Å²) < 4.78 is 3.78. The number of nitrogens with zero attached hydrogens (tertiary/aromatic N) is 2. The maximum absolute atomic E-state index is 6.10. The van der Waals surface area contributed by atoms with Gasteiger partial charge in [0.05, 0.1) is 12.2 Å². The molecule has 16 heavy (non-hydrogen) atoms.